The molecule has 0 saturated carbocycles. The fraction of sp³-hybridized carbons (Fsp3) is 0.231. The zero-order valence-corrected chi connectivity index (χ0v) is 8.90. The maximum atomic E-state index is 11.3. The van der Waals surface area contributed by atoms with Gasteiger partial charge in [0, 0.05) is 12.0 Å². The van der Waals surface area contributed by atoms with Gasteiger partial charge in [-0.15, -0.1) is 0 Å². The van der Waals surface area contributed by atoms with Crippen LogP contribution >= 0.6 is 0 Å². The number of hydrogen-bond acceptors (Lipinski definition) is 2. The van der Waals surface area contributed by atoms with Crippen LogP contribution in [0.25, 0.3) is 5.57 Å². The molecule has 82 valence electrons. The number of ketones is 1. The van der Waals surface area contributed by atoms with E-state index in [1.165, 1.54) is 0 Å². The number of benzene rings is 1. The summed E-state index contributed by atoms with van der Waals surface area (Å²) in [7, 11) is 0. The van der Waals surface area contributed by atoms with E-state index < -0.39 is 5.91 Å². The van der Waals surface area contributed by atoms with Gasteiger partial charge in [-0.05, 0) is 42.2 Å². The summed E-state index contributed by atoms with van der Waals surface area (Å²) < 4.78 is 0. The number of allylic oxidation sites excluding steroid dienone is 2. The van der Waals surface area contributed by atoms with E-state index in [0.29, 0.717) is 12.0 Å². The van der Waals surface area contributed by atoms with Crippen molar-refractivity contribution < 1.29 is 9.59 Å². The maximum Gasteiger partial charge on any atom is 0.248 e. The first-order valence-corrected chi connectivity index (χ1v) is 5.30. The van der Waals surface area contributed by atoms with Gasteiger partial charge in [0.25, 0.3) is 0 Å². The molecule has 0 atom stereocenters. The van der Waals surface area contributed by atoms with Crippen LogP contribution in [0.4, 0.5) is 0 Å². The number of carbonyl (C=O) groups is 2. The first-order valence-electron chi connectivity index (χ1n) is 5.30. The van der Waals surface area contributed by atoms with Crippen LogP contribution < -0.4 is 5.73 Å². The molecule has 2 N–H and O–H groups in total. The molecule has 1 aliphatic carbocycles. The Morgan fingerprint density at radius 2 is 2.06 bits per heavy atom. The monoisotopic (exact) mass is 215 g/mol. The predicted molar refractivity (Wildman–Crippen MR) is 61.8 cm³/mol. The minimum atomic E-state index is -0.440. The summed E-state index contributed by atoms with van der Waals surface area (Å²) in [6.45, 7) is 0. The topological polar surface area (TPSA) is 60.2 Å². The lowest BCUT2D eigenvalue weighted by Crippen LogP contribution is -2.11. The van der Waals surface area contributed by atoms with Gasteiger partial charge in [-0.1, -0.05) is 12.1 Å². The molecular formula is C13H13NO2. The molecule has 1 aliphatic rings. The molecule has 2 rings (SSSR count). The summed E-state index contributed by atoms with van der Waals surface area (Å²) in [5.74, 6) is -0.282. The highest BCUT2D eigenvalue weighted by Crippen LogP contribution is 2.25. The minimum Gasteiger partial charge on any atom is -0.366 e. The molecule has 1 aromatic rings. The number of carbonyl (C=O) groups excluding carboxylic acids is 2. The third-order valence-corrected chi connectivity index (χ3v) is 2.72. The van der Waals surface area contributed by atoms with Gasteiger partial charge in [0.2, 0.25) is 5.91 Å². The Bertz CT molecular complexity index is 475. The molecule has 1 aromatic carbocycles. The van der Waals surface area contributed by atoms with Crippen LogP contribution in [-0.2, 0) is 4.79 Å². The summed E-state index contributed by atoms with van der Waals surface area (Å²) in [4.78, 5) is 22.3. The minimum absolute atomic E-state index is 0.158. The quantitative estimate of drug-likeness (QED) is 0.819. The van der Waals surface area contributed by atoms with Crippen LogP contribution in [0.5, 0.6) is 0 Å². The van der Waals surface area contributed by atoms with Crippen LogP contribution in [0.2, 0.25) is 0 Å². The molecule has 0 bridgehead atoms. The van der Waals surface area contributed by atoms with Crippen molar-refractivity contribution in [1.29, 1.82) is 0 Å². The molecule has 0 radical (unpaired) electrons. The van der Waals surface area contributed by atoms with Crippen molar-refractivity contribution in [1.82, 2.24) is 0 Å². The van der Waals surface area contributed by atoms with E-state index in [0.717, 1.165) is 24.0 Å². The SMILES string of the molecule is NC(=O)c1cccc(C2=CC(=O)CCC2)c1. The number of amides is 1. The van der Waals surface area contributed by atoms with E-state index in [1.54, 1.807) is 24.3 Å². The fourth-order valence-electron chi connectivity index (χ4n) is 1.89. The summed E-state index contributed by atoms with van der Waals surface area (Å²) in [6.07, 6.45) is 4.06. The molecule has 0 saturated heterocycles. The second-order valence-corrected chi connectivity index (χ2v) is 3.93. The predicted octanol–water partition coefficient (Wildman–Crippen LogP) is 1.92. The van der Waals surface area contributed by atoms with Gasteiger partial charge in [-0.25, -0.2) is 0 Å². The van der Waals surface area contributed by atoms with Crippen molar-refractivity contribution in [2.45, 2.75) is 19.3 Å². The van der Waals surface area contributed by atoms with Gasteiger partial charge in [-0.2, -0.15) is 0 Å². The van der Waals surface area contributed by atoms with Crippen LogP contribution in [0.1, 0.15) is 35.2 Å². The average Bonchev–Trinajstić information content (AvgIpc) is 2.29. The molecule has 0 heterocycles. The second kappa shape index (κ2) is 4.31. The summed E-state index contributed by atoms with van der Waals surface area (Å²) in [5, 5.41) is 0. The van der Waals surface area contributed by atoms with Crippen LogP contribution in [0.3, 0.4) is 0 Å². The van der Waals surface area contributed by atoms with Gasteiger partial charge in [-0.3, -0.25) is 9.59 Å². The zero-order chi connectivity index (χ0) is 11.5. The van der Waals surface area contributed by atoms with E-state index >= 15 is 0 Å². The molecule has 0 aliphatic heterocycles. The number of hydrogen-bond donors (Lipinski definition) is 1. The normalized spacial score (nSPS) is 15.8. The third-order valence-electron chi connectivity index (χ3n) is 2.72. The van der Waals surface area contributed by atoms with Crippen molar-refractivity contribution in [3.05, 3.63) is 41.5 Å². The smallest absolute Gasteiger partial charge is 0.248 e. The molecule has 0 aromatic heterocycles. The van der Waals surface area contributed by atoms with Crippen LogP contribution in [0.15, 0.2) is 30.3 Å². The number of primary amides is 1. The lowest BCUT2D eigenvalue weighted by molar-refractivity contribution is -0.114. The highest BCUT2D eigenvalue weighted by atomic mass is 16.1. The maximum absolute atomic E-state index is 11.3. The first kappa shape index (κ1) is 10.6. The summed E-state index contributed by atoms with van der Waals surface area (Å²) in [5.41, 5.74) is 7.62. The van der Waals surface area contributed by atoms with Crippen LogP contribution in [-0.4, -0.2) is 11.7 Å². The summed E-state index contributed by atoms with van der Waals surface area (Å²) >= 11 is 0. The Hall–Kier alpha value is -1.90. The van der Waals surface area contributed by atoms with E-state index in [2.05, 4.69) is 0 Å². The van der Waals surface area contributed by atoms with Gasteiger partial charge in [0.05, 0.1) is 0 Å². The summed E-state index contributed by atoms with van der Waals surface area (Å²) in [6, 6.07) is 7.11. The fourth-order valence-corrected chi connectivity index (χ4v) is 1.89. The first-order chi connectivity index (χ1) is 7.66. The standard InChI is InChI=1S/C13H13NO2/c14-13(16)11-5-1-3-9(7-11)10-4-2-6-12(15)8-10/h1,3,5,7-8H,2,4,6H2,(H2,14,16). The number of rotatable bonds is 2. The van der Waals surface area contributed by atoms with Gasteiger partial charge < -0.3 is 5.73 Å². The molecular weight excluding hydrogens is 202 g/mol. The molecule has 3 nitrogen and oxygen atoms in total. The number of nitrogens with two attached hydrogens (primary N) is 1. The molecule has 1 amide bonds. The zero-order valence-electron chi connectivity index (χ0n) is 8.90. The van der Waals surface area contributed by atoms with Crippen molar-refractivity contribution in [2.24, 2.45) is 5.73 Å². The van der Waals surface area contributed by atoms with Gasteiger partial charge in [0.1, 0.15) is 0 Å². The highest BCUT2D eigenvalue weighted by molar-refractivity contribution is 5.99. The van der Waals surface area contributed by atoms with E-state index in [9.17, 15) is 9.59 Å². The largest absolute Gasteiger partial charge is 0.366 e. The molecule has 3 heteroatoms. The Kier molecular flexibility index (Phi) is 2.86. The molecule has 0 spiro atoms. The van der Waals surface area contributed by atoms with Crippen molar-refractivity contribution >= 4 is 17.3 Å². The molecule has 0 fully saturated rings. The third kappa shape index (κ3) is 2.19. The highest BCUT2D eigenvalue weighted by Gasteiger charge is 2.12. The Balaban J connectivity index is 2.37. The Morgan fingerprint density at radius 1 is 1.25 bits per heavy atom. The Labute approximate surface area is 94.0 Å². The van der Waals surface area contributed by atoms with E-state index in [1.807, 2.05) is 6.07 Å². The van der Waals surface area contributed by atoms with Crippen molar-refractivity contribution in [3.63, 3.8) is 0 Å². The van der Waals surface area contributed by atoms with Crippen LogP contribution in [0, 0.1) is 0 Å². The molecule has 0 unspecified atom stereocenters. The molecule has 16 heavy (non-hydrogen) atoms. The van der Waals surface area contributed by atoms with E-state index in [-0.39, 0.29) is 5.78 Å². The van der Waals surface area contributed by atoms with E-state index in [4.69, 9.17) is 5.73 Å². The van der Waals surface area contributed by atoms with Crippen molar-refractivity contribution in [3.8, 4) is 0 Å². The average molecular weight is 215 g/mol. The van der Waals surface area contributed by atoms with Gasteiger partial charge >= 0.3 is 0 Å². The van der Waals surface area contributed by atoms with Gasteiger partial charge in [0.15, 0.2) is 5.78 Å². The Morgan fingerprint density at radius 3 is 2.75 bits per heavy atom. The lowest BCUT2D eigenvalue weighted by Gasteiger charge is -2.12. The second-order valence-electron chi connectivity index (χ2n) is 3.93. The lowest BCUT2D eigenvalue weighted by atomic mass is 9.92. The van der Waals surface area contributed by atoms with Crippen molar-refractivity contribution in [2.75, 3.05) is 0 Å².